The molecule has 1 fully saturated rings. The number of para-hydroxylation sites is 1. The van der Waals surface area contributed by atoms with Crippen LogP contribution in [0.15, 0.2) is 30.3 Å². The quantitative estimate of drug-likeness (QED) is 0.678. The zero-order chi connectivity index (χ0) is 21.0. The van der Waals surface area contributed by atoms with Crippen LogP contribution in [0, 0.1) is 18.8 Å². The number of aryl methyl sites for hydroxylation is 1. The van der Waals surface area contributed by atoms with Crippen LogP contribution < -0.4 is 5.32 Å². The Bertz CT molecular complexity index is 903. The number of benzene rings is 1. The van der Waals surface area contributed by atoms with Gasteiger partial charge in [0.15, 0.2) is 0 Å². The highest BCUT2D eigenvalue weighted by Crippen LogP contribution is 2.35. The van der Waals surface area contributed by atoms with E-state index in [1.807, 2.05) is 44.2 Å². The van der Waals surface area contributed by atoms with Gasteiger partial charge in [-0.2, -0.15) is 0 Å². The lowest BCUT2D eigenvalue weighted by atomic mass is 9.76. The molecular formula is C23H27NO4S. The minimum absolute atomic E-state index is 0.0604. The van der Waals surface area contributed by atoms with Gasteiger partial charge in [-0.1, -0.05) is 38.0 Å². The van der Waals surface area contributed by atoms with Crippen LogP contribution in [0.5, 0.6) is 0 Å². The van der Waals surface area contributed by atoms with Gasteiger partial charge in [-0.05, 0) is 43.9 Å². The van der Waals surface area contributed by atoms with Gasteiger partial charge in [-0.15, -0.1) is 11.3 Å². The standard InChI is InChI=1S/C23H27NO4S/c1-3-16-14(2)29-20(21(16)22(26)24-15-9-5-4-6-10-15)13-19(25)17-11-7-8-12-18(17)23(27)28/h4-6,9-10,17-18H,3,7-8,11-13H2,1-2H3,(H,24,26)(H,27,28). The predicted molar refractivity (Wildman–Crippen MR) is 115 cm³/mol. The van der Waals surface area contributed by atoms with Crippen molar-refractivity contribution in [2.24, 2.45) is 11.8 Å². The maximum atomic E-state index is 13.0. The van der Waals surface area contributed by atoms with Crippen molar-refractivity contribution in [1.29, 1.82) is 0 Å². The molecule has 5 nitrogen and oxygen atoms in total. The molecule has 154 valence electrons. The highest BCUT2D eigenvalue weighted by atomic mass is 32.1. The number of Topliss-reactive ketones (excluding diaryl/α,β-unsaturated/α-hetero) is 1. The first-order valence-electron chi connectivity index (χ1n) is 10.1. The number of carboxylic acid groups (broad SMARTS) is 1. The van der Waals surface area contributed by atoms with Crippen LogP contribution in [0.1, 0.15) is 58.3 Å². The van der Waals surface area contributed by atoms with Gasteiger partial charge >= 0.3 is 5.97 Å². The van der Waals surface area contributed by atoms with E-state index in [2.05, 4.69) is 5.32 Å². The third-order valence-corrected chi connectivity index (χ3v) is 6.87. The Morgan fingerprint density at radius 3 is 2.38 bits per heavy atom. The van der Waals surface area contributed by atoms with E-state index < -0.39 is 17.8 Å². The van der Waals surface area contributed by atoms with Gasteiger partial charge in [0.1, 0.15) is 5.78 Å². The summed E-state index contributed by atoms with van der Waals surface area (Å²) in [6.45, 7) is 3.97. The van der Waals surface area contributed by atoms with E-state index in [0.29, 0.717) is 30.5 Å². The Morgan fingerprint density at radius 1 is 1.10 bits per heavy atom. The average Bonchev–Trinajstić information content (AvgIpc) is 3.03. The molecule has 2 atom stereocenters. The van der Waals surface area contributed by atoms with Crippen LogP contribution in [0.25, 0.3) is 0 Å². The monoisotopic (exact) mass is 413 g/mol. The Labute approximate surface area is 175 Å². The molecule has 0 aliphatic heterocycles. The van der Waals surface area contributed by atoms with Crippen LogP contribution in [-0.4, -0.2) is 22.8 Å². The Morgan fingerprint density at radius 2 is 1.76 bits per heavy atom. The predicted octanol–water partition coefficient (Wildman–Crippen LogP) is 4.87. The van der Waals surface area contributed by atoms with Crippen molar-refractivity contribution < 1.29 is 19.5 Å². The number of anilines is 1. The number of hydrogen-bond donors (Lipinski definition) is 2. The van der Waals surface area contributed by atoms with Crippen LogP contribution in [0.2, 0.25) is 0 Å². The van der Waals surface area contributed by atoms with Gasteiger partial charge in [0.25, 0.3) is 5.91 Å². The Kier molecular flexibility index (Phi) is 6.85. The lowest BCUT2D eigenvalue weighted by Crippen LogP contribution is -2.33. The first kappa shape index (κ1) is 21.2. The van der Waals surface area contributed by atoms with E-state index >= 15 is 0 Å². The number of ketones is 1. The van der Waals surface area contributed by atoms with Gasteiger partial charge in [0.05, 0.1) is 11.5 Å². The van der Waals surface area contributed by atoms with Gasteiger partial charge in [0.2, 0.25) is 0 Å². The molecular weight excluding hydrogens is 386 g/mol. The van der Waals surface area contributed by atoms with Gasteiger partial charge in [-0.25, -0.2) is 0 Å². The highest BCUT2D eigenvalue weighted by molar-refractivity contribution is 7.12. The molecule has 29 heavy (non-hydrogen) atoms. The van der Waals surface area contributed by atoms with Gasteiger partial charge in [0, 0.05) is 27.8 Å². The van der Waals surface area contributed by atoms with Crippen LogP contribution in [-0.2, 0) is 22.4 Å². The smallest absolute Gasteiger partial charge is 0.307 e. The molecule has 1 aromatic heterocycles. The molecule has 2 unspecified atom stereocenters. The van der Waals surface area contributed by atoms with Crippen LogP contribution in [0.3, 0.4) is 0 Å². The Hall–Kier alpha value is -2.47. The van der Waals surface area contributed by atoms with E-state index in [1.165, 1.54) is 11.3 Å². The number of carbonyl (C=O) groups excluding carboxylic acids is 2. The molecule has 2 N–H and O–H groups in total. The summed E-state index contributed by atoms with van der Waals surface area (Å²) in [7, 11) is 0. The molecule has 1 aliphatic rings. The number of rotatable bonds is 7. The van der Waals surface area contributed by atoms with Crippen molar-refractivity contribution in [2.75, 3.05) is 5.32 Å². The molecule has 0 saturated heterocycles. The molecule has 3 rings (SSSR count). The zero-order valence-electron chi connectivity index (χ0n) is 16.9. The van der Waals surface area contributed by atoms with E-state index in [1.54, 1.807) is 0 Å². The summed E-state index contributed by atoms with van der Waals surface area (Å²) in [5.41, 5.74) is 2.25. The first-order chi connectivity index (χ1) is 13.9. The number of carbonyl (C=O) groups is 3. The molecule has 0 bridgehead atoms. The number of thiophene rings is 1. The highest BCUT2D eigenvalue weighted by Gasteiger charge is 2.36. The van der Waals surface area contributed by atoms with Gasteiger partial charge in [-0.3, -0.25) is 14.4 Å². The average molecular weight is 414 g/mol. The molecule has 1 saturated carbocycles. The number of carboxylic acids is 1. The van der Waals surface area contributed by atoms with Crippen molar-refractivity contribution >= 4 is 34.7 Å². The summed E-state index contributed by atoms with van der Waals surface area (Å²) < 4.78 is 0. The van der Waals surface area contributed by atoms with E-state index in [9.17, 15) is 19.5 Å². The second-order valence-corrected chi connectivity index (χ2v) is 8.90. The largest absolute Gasteiger partial charge is 0.481 e. The second-order valence-electron chi connectivity index (χ2n) is 7.59. The maximum Gasteiger partial charge on any atom is 0.307 e. The molecule has 0 radical (unpaired) electrons. The van der Waals surface area contributed by atoms with Crippen molar-refractivity contribution in [2.45, 2.75) is 52.4 Å². The number of hydrogen-bond acceptors (Lipinski definition) is 4. The lowest BCUT2D eigenvalue weighted by Gasteiger charge is -2.27. The van der Waals surface area contributed by atoms with E-state index in [4.69, 9.17) is 0 Å². The van der Waals surface area contributed by atoms with Crippen molar-refractivity contribution in [3.8, 4) is 0 Å². The summed E-state index contributed by atoms with van der Waals surface area (Å²) in [6, 6.07) is 9.25. The lowest BCUT2D eigenvalue weighted by molar-refractivity contribution is -0.148. The minimum atomic E-state index is -0.887. The first-order valence-corrected chi connectivity index (χ1v) is 11.0. The summed E-state index contributed by atoms with van der Waals surface area (Å²) in [5, 5.41) is 12.4. The SMILES string of the molecule is CCc1c(C)sc(CC(=O)C2CCCCC2C(=O)O)c1C(=O)Nc1ccccc1. The molecule has 1 aromatic carbocycles. The molecule has 2 aromatic rings. The molecule has 0 spiro atoms. The summed E-state index contributed by atoms with van der Waals surface area (Å²) >= 11 is 1.48. The van der Waals surface area contributed by atoms with Crippen molar-refractivity contribution in [3.63, 3.8) is 0 Å². The van der Waals surface area contributed by atoms with Gasteiger partial charge < -0.3 is 10.4 Å². The topological polar surface area (TPSA) is 83.5 Å². The summed E-state index contributed by atoms with van der Waals surface area (Å²) in [4.78, 5) is 39.5. The summed E-state index contributed by atoms with van der Waals surface area (Å²) in [6.07, 6.45) is 3.73. The number of amides is 1. The fourth-order valence-electron chi connectivity index (χ4n) is 4.27. The summed E-state index contributed by atoms with van der Waals surface area (Å²) in [5.74, 6) is -2.22. The number of aliphatic carboxylic acids is 1. The van der Waals surface area contributed by atoms with Crippen molar-refractivity contribution in [1.82, 2.24) is 0 Å². The third-order valence-electron chi connectivity index (χ3n) is 5.73. The molecule has 6 heteroatoms. The second kappa shape index (κ2) is 9.35. The molecule has 1 aliphatic carbocycles. The Balaban J connectivity index is 1.86. The van der Waals surface area contributed by atoms with E-state index in [0.717, 1.165) is 28.2 Å². The normalized spacial score (nSPS) is 19.0. The minimum Gasteiger partial charge on any atom is -0.481 e. The molecule has 1 amide bonds. The zero-order valence-corrected chi connectivity index (χ0v) is 17.7. The fraction of sp³-hybridized carbons (Fsp3) is 0.435. The fourth-order valence-corrected chi connectivity index (χ4v) is 5.54. The van der Waals surface area contributed by atoms with Crippen molar-refractivity contribution in [3.05, 3.63) is 51.2 Å². The number of nitrogens with one attached hydrogen (secondary N) is 1. The maximum absolute atomic E-state index is 13.0. The third kappa shape index (κ3) is 4.75. The molecule has 1 heterocycles. The van der Waals surface area contributed by atoms with Crippen LogP contribution >= 0.6 is 11.3 Å². The van der Waals surface area contributed by atoms with Crippen LogP contribution in [0.4, 0.5) is 5.69 Å². The van der Waals surface area contributed by atoms with E-state index in [-0.39, 0.29) is 18.1 Å².